The molecule has 158 valence electrons. The summed E-state index contributed by atoms with van der Waals surface area (Å²) in [6.07, 6.45) is 2.84. The van der Waals surface area contributed by atoms with Crippen molar-refractivity contribution in [2.75, 3.05) is 20.8 Å². The summed E-state index contributed by atoms with van der Waals surface area (Å²) < 4.78 is 11.2. The minimum atomic E-state index is 0.0417. The van der Waals surface area contributed by atoms with Crippen LogP contribution in [0.4, 0.5) is 0 Å². The van der Waals surface area contributed by atoms with Crippen LogP contribution in [-0.4, -0.2) is 36.5 Å². The Morgan fingerprint density at radius 3 is 2.48 bits per heavy atom. The van der Waals surface area contributed by atoms with E-state index in [9.17, 15) is 0 Å². The maximum Gasteiger partial charge on any atom is 0.161 e. The van der Waals surface area contributed by atoms with Crippen molar-refractivity contribution in [3.8, 4) is 22.6 Å². The minimum absolute atomic E-state index is 0.0417. The summed E-state index contributed by atoms with van der Waals surface area (Å²) in [5, 5.41) is 0. The van der Waals surface area contributed by atoms with Crippen molar-refractivity contribution < 1.29 is 9.47 Å². The Morgan fingerprint density at radius 2 is 1.71 bits per heavy atom. The second-order valence-electron chi connectivity index (χ2n) is 8.23. The average Bonchev–Trinajstić information content (AvgIpc) is 3.15. The number of ether oxygens (including phenoxy) is 2. The van der Waals surface area contributed by atoms with E-state index in [-0.39, 0.29) is 12.1 Å². The van der Waals surface area contributed by atoms with Gasteiger partial charge in [0.25, 0.3) is 0 Å². The molecule has 2 aliphatic heterocycles. The van der Waals surface area contributed by atoms with E-state index in [4.69, 9.17) is 14.5 Å². The lowest BCUT2D eigenvalue weighted by Gasteiger charge is -2.36. The van der Waals surface area contributed by atoms with Crippen LogP contribution in [0.5, 0.6) is 11.5 Å². The van der Waals surface area contributed by atoms with Crippen molar-refractivity contribution in [2.24, 2.45) is 4.99 Å². The topological polar surface area (TPSA) is 47.0 Å². The van der Waals surface area contributed by atoms with E-state index in [0.717, 1.165) is 36.0 Å². The molecule has 0 aliphatic carbocycles. The van der Waals surface area contributed by atoms with Gasteiger partial charge >= 0.3 is 0 Å². The van der Waals surface area contributed by atoms with Gasteiger partial charge in [-0.2, -0.15) is 0 Å². The van der Waals surface area contributed by atoms with Crippen molar-refractivity contribution >= 4 is 5.84 Å². The van der Waals surface area contributed by atoms with E-state index in [1.165, 1.54) is 27.8 Å². The maximum atomic E-state index is 5.62. The lowest BCUT2D eigenvalue weighted by Crippen LogP contribution is -2.36. The number of amidine groups is 1. The Bertz CT molecular complexity index is 1170. The normalized spacial score (nSPS) is 19.5. The number of aryl methyl sites for hydroxylation is 1. The predicted octanol–water partition coefficient (Wildman–Crippen LogP) is 5.15. The molecule has 0 bridgehead atoms. The molecule has 0 amide bonds. The molecule has 1 aromatic heterocycles. The largest absolute Gasteiger partial charge is 0.493 e. The van der Waals surface area contributed by atoms with Crippen LogP contribution in [0.1, 0.15) is 41.4 Å². The van der Waals surface area contributed by atoms with E-state index < -0.39 is 0 Å². The van der Waals surface area contributed by atoms with Crippen molar-refractivity contribution in [1.82, 2.24) is 9.88 Å². The fourth-order valence-electron chi connectivity index (χ4n) is 4.91. The number of aromatic nitrogens is 1. The Labute approximate surface area is 183 Å². The van der Waals surface area contributed by atoms with Gasteiger partial charge in [-0.1, -0.05) is 18.2 Å². The molecule has 0 saturated heterocycles. The van der Waals surface area contributed by atoms with Crippen LogP contribution >= 0.6 is 0 Å². The zero-order valence-corrected chi connectivity index (χ0v) is 18.4. The molecule has 2 aliphatic rings. The average molecular weight is 414 g/mol. The van der Waals surface area contributed by atoms with Crippen molar-refractivity contribution in [2.45, 2.75) is 32.4 Å². The fraction of sp³-hybridized carbons (Fsp3) is 0.308. The molecule has 3 aromatic rings. The van der Waals surface area contributed by atoms with Crippen LogP contribution in [0.15, 0.2) is 59.7 Å². The summed E-state index contributed by atoms with van der Waals surface area (Å²) in [7, 11) is 3.39. The van der Waals surface area contributed by atoms with Gasteiger partial charge in [0.2, 0.25) is 0 Å². The first-order valence-corrected chi connectivity index (χ1v) is 10.7. The number of hydrogen-bond acceptors (Lipinski definition) is 5. The zero-order chi connectivity index (χ0) is 21.5. The number of aliphatic imine (C=N–C) groups is 1. The second kappa shape index (κ2) is 7.73. The molecular formula is C26H27N3O2. The number of benzene rings is 2. The van der Waals surface area contributed by atoms with Crippen LogP contribution in [0, 0.1) is 6.92 Å². The van der Waals surface area contributed by atoms with Gasteiger partial charge in [0.05, 0.1) is 26.1 Å². The third-order valence-corrected chi connectivity index (χ3v) is 6.42. The third kappa shape index (κ3) is 3.34. The van der Waals surface area contributed by atoms with Crippen LogP contribution in [0.25, 0.3) is 11.1 Å². The first-order valence-electron chi connectivity index (χ1n) is 10.7. The molecule has 2 aromatic carbocycles. The summed E-state index contributed by atoms with van der Waals surface area (Å²) in [5.41, 5.74) is 7.21. The summed E-state index contributed by atoms with van der Waals surface area (Å²) in [6, 6.07) is 17.4. The second-order valence-corrected chi connectivity index (χ2v) is 8.23. The quantitative estimate of drug-likeness (QED) is 0.594. The molecule has 0 saturated carbocycles. The summed E-state index contributed by atoms with van der Waals surface area (Å²) in [6.45, 7) is 5.10. The van der Waals surface area contributed by atoms with Gasteiger partial charge in [-0.05, 0) is 78.4 Å². The third-order valence-electron chi connectivity index (χ3n) is 6.42. The van der Waals surface area contributed by atoms with Gasteiger partial charge in [0.1, 0.15) is 6.04 Å². The Balaban J connectivity index is 1.59. The van der Waals surface area contributed by atoms with Crippen LogP contribution in [0.2, 0.25) is 0 Å². The van der Waals surface area contributed by atoms with Gasteiger partial charge < -0.3 is 14.4 Å². The molecule has 3 heterocycles. The van der Waals surface area contributed by atoms with Crippen LogP contribution in [0.3, 0.4) is 0 Å². The van der Waals surface area contributed by atoms with Gasteiger partial charge in [0, 0.05) is 18.4 Å². The first-order chi connectivity index (χ1) is 15.1. The molecule has 31 heavy (non-hydrogen) atoms. The number of fused-ring (bicyclic) bond motifs is 3. The first kappa shape index (κ1) is 19.6. The molecule has 0 N–H and O–H groups in total. The van der Waals surface area contributed by atoms with Gasteiger partial charge in [-0.15, -0.1) is 0 Å². The Morgan fingerprint density at radius 1 is 0.935 bits per heavy atom. The van der Waals surface area contributed by atoms with E-state index in [0.29, 0.717) is 0 Å². The number of methoxy groups -OCH3 is 2. The molecule has 5 rings (SSSR count). The molecule has 2 unspecified atom stereocenters. The highest BCUT2D eigenvalue weighted by atomic mass is 16.5. The number of hydrogen-bond donors (Lipinski definition) is 0. The van der Waals surface area contributed by atoms with E-state index >= 15 is 0 Å². The highest BCUT2D eigenvalue weighted by molar-refractivity contribution is 5.83. The molecule has 0 radical (unpaired) electrons. The molecule has 5 heteroatoms. The SMILES string of the molecule is COc1cc2c(cc1OC)C1C(c3cccc(-c4ccnc(C)c4)c3)N=C(C)N1CC2. The standard InChI is InChI=1S/C26H27N3O2/c1-16-12-19(8-10-27-16)18-6-5-7-21(13-18)25-26-22-15-24(31-4)23(30-3)14-20(22)9-11-29(26)17(2)28-25/h5-8,10,12-15,25-26H,9,11H2,1-4H3. The minimum Gasteiger partial charge on any atom is -0.493 e. The Kier molecular flexibility index (Phi) is 4.89. The van der Waals surface area contributed by atoms with Crippen LogP contribution in [-0.2, 0) is 6.42 Å². The fourth-order valence-corrected chi connectivity index (χ4v) is 4.91. The van der Waals surface area contributed by atoms with Gasteiger partial charge in [0.15, 0.2) is 11.5 Å². The lowest BCUT2D eigenvalue weighted by molar-refractivity contribution is 0.289. The maximum absolute atomic E-state index is 5.62. The summed E-state index contributed by atoms with van der Waals surface area (Å²) in [4.78, 5) is 11.9. The molecule has 2 atom stereocenters. The van der Waals surface area contributed by atoms with Gasteiger partial charge in [-0.25, -0.2) is 0 Å². The smallest absolute Gasteiger partial charge is 0.161 e. The highest BCUT2D eigenvalue weighted by Crippen LogP contribution is 2.48. The molecule has 5 nitrogen and oxygen atoms in total. The summed E-state index contributed by atoms with van der Waals surface area (Å²) in [5.74, 6) is 2.66. The van der Waals surface area contributed by atoms with Crippen LogP contribution < -0.4 is 9.47 Å². The van der Waals surface area contributed by atoms with Crippen molar-refractivity contribution in [1.29, 1.82) is 0 Å². The summed E-state index contributed by atoms with van der Waals surface area (Å²) >= 11 is 0. The lowest BCUT2D eigenvalue weighted by atomic mass is 9.85. The van der Waals surface area contributed by atoms with E-state index in [2.05, 4.69) is 65.3 Å². The molecular weight excluding hydrogens is 386 g/mol. The van der Waals surface area contributed by atoms with E-state index in [1.54, 1.807) is 14.2 Å². The monoisotopic (exact) mass is 413 g/mol. The molecule has 0 fully saturated rings. The molecule has 0 spiro atoms. The van der Waals surface area contributed by atoms with E-state index in [1.807, 2.05) is 13.1 Å². The number of nitrogens with zero attached hydrogens (tertiary/aromatic N) is 3. The van der Waals surface area contributed by atoms with Crippen molar-refractivity contribution in [3.63, 3.8) is 0 Å². The Hall–Kier alpha value is -3.34. The predicted molar refractivity (Wildman–Crippen MR) is 123 cm³/mol. The number of rotatable bonds is 4. The van der Waals surface area contributed by atoms with Crippen molar-refractivity contribution in [3.05, 3.63) is 77.1 Å². The highest BCUT2D eigenvalue weighted by Gasteiger charge is 2.40. The number of pyridine rings is 1. The van der Waals surface area contributed by atoms with Gasteiger partial charge in [-0.3, -0.25) is 9.98 Å². The zero-order valence-electron chi connectivity index (χ0n) is 18.4.